The average Bonchev–Trinajstić information content (AvgIpc) is 3.09. The number of fused-ring (bicyclic) bond motifs is 1. The van der Waals surface area contributed by atoms with E-state index in [-0.39, 0.29) is 11.6 Å². The summed E-state index contributed by atoms with van der Waals surface area (Å²) in [7, 11) is 0. The number of halogens is 1. The SMILES string of the molecule is CSc1ccc(-c2cc3nc(Oc4ccc(C)c(C(=O)[O-])c4)[nH]c3cc2Cl)cc1. The number of aryl methyl sites for hydroxylation is 1. The average molecular weight is 424 g/mol. The van der Waals surface area contributed by atoms with E-state index in [1.807, 2.05) is 36.6 Å². The Balaban J connectivity index is 1.68. The third-order valence-corrected chi connectivity index (χ3v) is 5.65. The number of hydrogen-bond donors (Lipinski definition) is 1. The molecule has 0 saturated carbocycles. The molecule has 0 atom stereocenters. The van der Waals surface area contributed by atoms with Crippen molar-refractivity contribution in [1.29, 1.82) is 0 Å². The molecule has 1 aromatic heterocycles. The van der Waals surface area contributed by atoms with E-state index in [4.69, 9.17) is 16.3 Å². The van der Waals surface area contributed by atoms with Crippen LogP contribution >= 0.6 is 23.4 Å². The molecule has 7 heteroatoms. The minimum absolute atomic E-state index is 0.0811. The number of aromatic nitrogens is 2. The highest BCUT2D eigenvalue weighted by Crippen LogP contribution is 2.34. The first-order valence-electron chi connectivity index (χ1n) is 8.78. The molecular formula is C22H16ClN2O3S-. The fourth-order valence-electron chi connectivity index (χ4n) is 3.04. The predicted octanol–water partition coefficient (Wildman–Crippen LogP) is 5.07. The van der Waals surface area contributed by atoms with Crippen LogP contribution in [-0.4, -0.2) is 22.2 Å². The van der Waals surface area contributed by atoms with E-state index in [2.05, 4.69) is 9.97 Å². The molecule has 0 aliphatic heterocycles. The van der Waals surface area contributed by atoms with E-state index in [9.17, 15) is 9.90 Å². The van der Waals surface area contributed by atoms with Crippen LogP contribution < -0.4 is 9.84 Å². The highest BCUT2D eigenvalue weighted by molar-refractivity contribution is 7.98. The number of ether oxygens (including phenoxy) is 1. The number of nitrogens with one attached hydrogen (secondary N) is 1. The molecular weight excluding hydrogens is 408 g/mol. The first kappa shape index (κ1) is 19.4. The molecule has 0 aliphatic carbocycles. The Bertz CT molecular complexity index is 1220. The van der Waals surface area contributed by atoms with Crippen molar-refractivity contribution in [2.24, 2.45) is 0 Å². The Hall–Kier alpha value is -2.96. The Kier molecular flexibility index (Phi) is 5.22. The number of nitrogens with zero attached hydrogens (tertiary/aromatic N) is 1. The van der Waals surface area contributed by atoms with Gasteiger partial charge in [-0.2, -0.15) is 4.98 Å². The Morgan fingerprint density at radius 1 is 1.14 bits per heavy atom. The normalized spacial score (nSPS) is 11.0. The number of imidazole rings is 1. The second-order valence-corrected chi connectivity index (χ2v) is 7.77. The lowest BCUT2D eigenvalue weighted by Gasteiger charge is -2.09. The molecule has 0 aliphatic rings. The lowest BCUT2D eigenvalue weighted by atomic mass is 10.1. The maximum atomic E-state index is 11.2. The van der Waals surface area contributed by atoms with Crippen molar-refractivity contribution in [2.45, 2.75) is 11.8 Å². The molecule has 0 spiro atoms. The molecule has 0 saturated heterocycles. The molecule has 5 nitrogen and oxygen atoms in total. The van der Waals surface area contributed by atoms with Gasteiger partial charge in [0.05, 0.1) is 22.0 Å². The van der Waals surface area contributed by atoms with Gasteiger partial charge in [-0.05, 0) is 60.7 Å². The topological polar surface area (TPSA) is 78.0 Å². The van der Waals surface area contributed by atoms with Crippen molar-refractivity contribution < 1.29 is 14.6 Å². The number of aromatic amines is 1. The van der Waals surface area contributed by atoms with E-state index >= 15 is 0 Å². The standard InChI is InChI=1S/C22H17ClN2O3S/c1-12-3-6-14(9-16(12)21(26)27)28-22-24-19-10-17(18(23)11-20(19)25-22)13-4-7-15(29-2)8-5-13/h3-11H,1-2H3,(H,24,25)(H,26,27)/p-1. The van der Waals surface area contributed by atoms with Crippen LogP contribution in [0.25, 0.3) is 22.2 Å². The summed E-state index contributed by atoms with van der Waals surface area (Å²) < 4.78 is 5.72. The number of carboxylic acids is 1. The number of carboxylic acid groups (broad SMARTS) is 1. The van der Waals surface area contributed by atoms with E-state index in [0.717, 1.165) is 16.6 Å². The van der Waals surface area contributed by atoms with Crippen LogP contribution in [0.3, 0.4) is 0 Å². The van der Waals surface area contributed by atoms with Gasteiger partial charge >= 0.3 is 0 Å². The summed E-state index contributed by atoms with van der Waals surface area (Å²) in [6.45, 7) is 1.70. The van der Waals surface area contributed by atoms with E-state index in [1.165, 1.54) is 11.0 Å². The Morgan fingerprint density at radius 2 is 1.90 bits per heavy atom. The quantitative estimate of drug-likeness (QED) is 0.453. The summed E-state index contributed by atoms with van der Waals surface area (Å²) in [5.41, 5.74) is 3.97. The van der Waals surface area contributed by atoms with E-state index in [1.54, 1.807) is 36.9 Å². The molecule has 0 bridgehead atoms. The van der Waals surface area contributed by atoms with Crippen LogP contribution in [0.15, 0.2) is 59.5 Å². The minimum Gasteiger partial charge on any atom is -0.545 e. The number of rotatable bonds is 5. The van der Waals surface area contributed by atoms with Gasteiger partial charge in [-0.25, -0.2) is 0 Å². The molecule has 29 heavy (non-hydrogen) atoms. The molecule has 4 aromatic rings. The number of benzene rings is 3. The number of carbonyl (C=O) groups excluding carboxylic acids is 1. The molecule has 0 amide bonds. The van der Waals surface area contributed by atoms with Gasteiger partial charge in [0.25, 0.3) is 6.01 Å². The first-order chi connectivity index (χ1) is 13.9. The number of carbonyl (C=O) groups is 1. The van der Waals surface area contributed by atoms with Crippen molar-refractivity contribution in [1.82, 2.24) is 9.97 Å². The van der Waals surface area contributed by atoms with Gasteiger partial charge in [-0.1, -0.05) is 29.8 Å². The van der Waals surface area contributed by atoms with Crippen LogP contribution in [-0.2, 0) is 0 Å². The van der Waals surface area contributed by atoms with Crippen molar-refractivity contribution in [3.05, 3.63) is 70.7 Å². The van der Waals surface area contributed by atoms with E-state index in [0.29, 0.717) is 21.9 Å². The first-order valence-corrected chi connectivity index (χ1v) is 10.4. The molecule has 3 aromatic carbocycles. The van der Waals surface area contributed by atoms with Crippen LogP contribution in [0.2, 0.25) is 5.02 Å². The summed E-state index contributed by atoms with van der Waals surface area (Å²) >= 11 is 8.17. The van der Waals surface area contributed by atoms with Crippen LogP contribution in [0.1, 0.15) is 15.9 Å². The smallest absolute Gasteiger partial charge is 0.300 e. The fraction of sp³-hybridized carbons (Fsp3) is 0.0909. The molecule has 1 heterocycles. The zero-order valence-electron chi connectivity index (χ0n) is 15.7. The van der Waals surface area contributed by atoms with Gasteiger partial charge in [0.1, 0.15) is 5.75 Å². The van der Waals surface area contributed by atoms with Gasteiger partial charge in [0, 0.05) is 16.0 Å². The Labute approximate surface area is 176 Å². The van der Waals surface area contributed by atoms with Crippen LogP contribution in [0, 0.1) is 6.92 Å². The largest absolute Gasteiger partial charge is 0.545 e. The second kappa shape index (κ2) is 7.81. The van der Waals surface area contributed by atoms with Crippen LogP contribution in [0.5, 0.6) is 11.8 Å². The van der Waals surface area contributed by atoms with Gasteiger partial charge in [0.2, 0.25) is 0 Å². The van der Waals surface area contributed by atoms with Gasteiger partial charge < -0.3 is 19.6 Å². The van der Waals surface area contributed by atoms with E-state index < -0.39 is 5.97 Å². The van der Waals surface area contributed by atoms with Crippen molar-refractivity contribution in [2.75, 3.05) is 6.26 Å². The summed E-state index contributed by atoms with van der Waals surface area (Å²) in [4.78, 5) is 19.9. The lowest BCUT2D eigenvalue weighted by Crippen LogP contribution is -2.23. The monoisotopic (exact) mass is 423 g/mol. The summed E-state index contributed by atoms with van der Waals surface area (Å²) in [6.07, 6.45) is 2.03. The third-order valence-electron chi connectivity index (χ3n) is 4.59. The number of aromatic carboxylic acids is 1. The van der Waals surface area contributed by atoms with Crippen LogP contribution in [0.4, 0.5) is 0 Å². The third kappa shape index (κ3) is 3.95. The summed E-state index contributed by atoms with van der Waals surface area (Å²) in [5.74, 6) is -0.894. The zero-order valence-corrected chi connectivity index (χ0v) is 17.2. The van der Waals surface area contributed by atoms with Crippen molar-refractivity contribution >= 4 is 40.4 Å². The summed E-state index contributed by atoms with van der Waals surface area (Å²) in [6, 6.07) is 16.9. The lowest BCUT2D eigenvalue weighted by molar-refractivity contribution is -0.255. The molecule has 1 N–H and O–H groups in total. The number of H-pyrrole nitrogens is 1. The van der Waals surface area contributed by atoms with Gasteiger partial charge in [-0.3, -0.25) is 0 Å². The number of hydrogen-bond acceptors (Lipinski definition) is 5. The number of thioether (sulfide) groups is 1. The van der Waals surface area contributed by atoms with Crippen molar-refractivity contribution in [3.63, 3.8) is 0 Å². The predicted molar refractivity (Wildman–Crippen MR) is 114 cm³/mol. The zero-order chi connectivity index (χ0) is 20.5. The Morgan fingerprint density at radius 3 is 2.59 bits per heavy atom. The minimum atomic E-state index is -1.25. The molecule has 0 unspecified atom stereocenters. The van der Waals surface area contributed by atoms with Gasteiger partial charge in [0.15, 0.2) is 0 Å². The second-order valence-electron chi connectivity index (χ2n) is 6.49. The maximum Gasteiger partial charge on any atom is 0.300 e. The molecule has 4 rings (SSSR count). The summed E-state index contributed by atoms with van der Waals surface area (Å²) in [5, 5.41) is 11.8. The highest BCUT2D eigenvalue weighted by atomic mass is 35.5. The highest BCUT2D eigenvalue weighted by Gasteiger charge is 2.12. The fourth-order valence-corrected chi connectivity index (χ4v) is 3.72. The van der Waals surface area contributed by atoms with Crippen molar-refractivity contribution in [3.8, 4) is 22.9 Å². The maximum absolute atomic E-state index is 11.2. The molecule has 146 valence electrons. The van der Waals surface area contributed by atoms with Gasteiger partial charge in [-0.15, -0.1) is 11.8 Å². The molecule has 0 fully saturated rings. The molecule has 0 radical (unpaired) electrons.